The van der Waals surface area contributed by atoms with Gasteiger partial charge in [-0.25, -0.2) is 9.97 Å². The number of rotatable bonds is 6. The molecule has 0 atom stereocenters. The van der Waals surface area contributed by atoms with Crippen molar-refractivity contribution >= 4 is 11.6 Å². The van der Waals surface area contributed by atoms with E-state index in [1.54, 1.807) is 6.33 Å². The summed E-state index contributed by atoms with van der Waals surface area (Å²) in [5.41, 5.74) is 1.32. The summed E-state index contributed by atoms with van der Waals surface area (Å²) in [5, 5.41) is 6.47. The minimum atomic E-state index is 0.856. The van der Waals surface area contributed by atoms with Crippen molar-refractivity contribution in [3.8, 4) is 0 Å². The minimum Gasteiger partial charge on any atom is -0.370 e. The monoisotopic (exact) mass is 242 g/mol. The predicted molar refractivity (Wildman–Crippen MR) is 74.8 cm³/mol. The second-order valence-electron chi connectivity index (χ2n) is 3.98. The highest BCUT2D eigenvalue weighted by atomic mass is 15.1. The zero-order chi connectivity index (χ0) is 12.6. The van der Waals surface area contributed by atoms with Crippen LogP contribution in [0.25, 0.3) is 0 Å². The Hall–Kier alpha value is -2.10. The van der Waals surface area contributed by atoms with Gasteiger partial charge in [-0.3, -0.25) is 0 Å². The van der Waals surface area contributed by atoms with Crippen molar-refractivity contribution in [3.63, 3.8) is 0 Å². The van der Waals surface area contributed by atoms with Gasteiger partial charge in [0.2, 0.25) is 0 Å². The van der Waals surface area contributed by atoms with Gasteiger partial charge >= 0.3 is 0 Å². The van der Waals surface area contributed by atoms with E-state index in [1.807, 2.05) is 19.1 Å². The van der Waals surface area contributed by atoms with Crippen LogP contribution in [-0.4, -0.2) is 23.1 Å². The smallest absolute Gasteiger partial charge is 0.131 e. The maximum atomic E-state index is 4.19. The van der Waals surface area contributed by atoms with Gasteiger partial charge in [0.1, 0.15) is 18.0 Å². The summed E-state index contributed by atoms with van der Waals surface area (Å²) in [7, 11) is 0. The predicted octanol–water partition coefficient (Wildman–Crippen LogP) is 2.56. The van der Waals surface area contributed by atoms with Gasteiger partial charge in [0.25, 0.3) is 0 Å². The second kappa shape index (κ2) is 6.59. The molecule has 0 saturated heterocycles. The third-order valence-corrected chi connectivity index (χ3v) is 2.59. The van der Waals surface area contributed by atoms with Crippen LogP contribution in [0.15, 0.2) is 42.7 Å². The Labute approximate surface area is 107 Å². The quantitative estimate of drug-likeness (QED) is 0.817. The van der Waals surface area contributed by atoms with E-state index in [0.29, 0.717) is 0 Å². The van der Waals surface area contributed by atoms with E-state index in [0.717, 1.165) is 31.1 Å². The van der Waals surface area contributed by atoms with Crippen LogP contribution in [-0.2, 0) is 6.42 Å². The third kappa shape index (κ3) is 3.73. The zero-order valence-corrected chi connectivity index (χ0v) is 10.6. The highest BCUT2D eigenvalue weighted by Gasteiger charge is 1.97. The van der Waals surface area contributed by atoms with Gasteiger partial charge in [-0.1, -0.05) is 30.3 Å². The Bertz CT molecular complexity index is 470. The lowest BCUT2D eigenvalue weighted by Gasteiger charge is -2.07. The van der Waals surface area contributed by atoms with Gasteiger partial charge in [0.15, 0.2) is 0 Å². The van der Waals surface area contributed by atoms with Crippen LogP contribution in [0.4, 0.5) is 11.6 Å². The number of benzene rings is 1. The molecule has 1 aromatic heterocycles. The molecule has 0 unspecified atom stereocenters. The molecule has 4 nitrogen and oxygen atoms in total. The van der Waals surface area contributed by atoms with Crippen molar-refractivity contribution in [2.45, 2.75) is 13.3 Å². The van der Waals surface area contributed by atoms with E-state index >= 15 is 0 Å². The maximum Gasteiger partial charge on any atom is 0.131 e. The summed E-state index contributed by atoms with van der Waals surface area (Å²) in [6.07, 6.45) is 2.56. The van der Waals surface area contributed by atoms with Crippen molar-refractivity contribution in [2.75, 3.05) is 23.7 Å². The van der Waals surface area contributed by atoms with E-state index in [9.17, 15) is 0 Å². The molecule has 2 N–H and O–H groups in total. The number of anilines is 2. The first-order chi connectivity index (χ1) is 8.88. The lowest BCUT2D eigenvalue weighted by atomic mass is 10.1. The maximum absolute atomic E-state index is 4.19. The molecule has 2 aromatic rings. The first kappa shape index (κ1) is 12.4. The molecule has 94 valence electrons. The Balaban J connectivity index is 1.84. The topological polar surface area (TPSA) is 49.8 Å². The molecule has 0 aliphatic rings. The molecule has 0 bridgehead atoms. The van der Waals surface area contributed by atoms with Gasteiger partial charge in [-0.05, 0) is 18.9 Å². The number of nitrogens with zero attached hydrogens (tertiary/aromatic N) is 2. The molecule has 0 aliphatic carbocycles. The van der Waals surface area contributed by atoms with Crippen LogP contribution in [0.5, 0.6) is 0 Å². The molecule has 0 spiro atoms. The number of hydrogen-bond acceptors (Lipinski definition) is 4. The second-order valence-corrected chi connectivity index (χ2v) is 3.98. The van der Waals surface area contributed by atoms with Crippen molar-refractivity contribution in [1.82, 2.24) is 9.97 Å². The minimum absolute atomic E-state index is 0.856. The lowest BCUT2D eigenvalue weighted by Crippen LogP contribution is -2.07. The molecule has 2 rings (SSSR count). The van der Waals surface area contributed by atoms with Gasteiger partial charge < -0.3 is 10.6 Å². The molecular formula is C14H18N4. The van der Waals surface area contributed by atoms with E-state index in [-0.39, 0.29) is 0 Å². The van der Waals surface area contributed by atoms with Crippen LogP contribution < -0.4 is 10.6 Å². The first-order valence-electron chi connectivity index (χ1n) is 6.22. The molecule has 0 radical (unpaired) electrons. The van der Waals surface area contributed by atoms with Gasteiger partial charge in [-0.2, -0.15) is 0 Å². The average Bonchev–Trinajstić information content (AvgIpc) is 2.41. The van der Waals surface area contributed by atoms with Crippen LogP contribution in [0, 0.1) is 0 Å². The molecule has 0 fully saturated rings. The van der Waals surface area contributed by atoms with Crippen LogP contribution >= 0.6 is 0 Å². The largest absolute Gasteiger partial charge is 0.370 e. The molecule has 4 heteroatoms. The highest BCUT2D eigenvalue weighted by Crippen LogP contribution is 2.08. The Morgan fingerprint density at radius 2 is 1.72 bits per heavy atom. The van der Waals surface area contributed by atoms with Crippen LogP contribution in [0.3, 0.4) is 0 Å². The SMILES string of the molecule is CCNc1cc(NCCc2ccccc2)ncn1. The zero-order valence-electron chi connectivity index (χ0n) is 10.6. The van der Waals surface area contributed by atoms with E-state index in [2.05, 4.69) is 44.9 Å². The van der Waals surface area contributed by atoms with Crippen molar-refractivity contribution in [2.24, 2.45) is 0 Å². The number of hydrogen-bond donors (Lipinski definition) is 2. The lowest BCUT2D eigenvalue weighted by molar-refractivity contribution is 0.997. The molecule has 0 aliphatic heterocycles. The summed E-state index contributed by atoms with van der Waals surface area (Å²) >= 11 is 0. The average molecular weight is 242 g/mol. The fourth-order valence-electron chi connectivity index (χ4n) is 1.71. The van der Waals surface area contributed by atoms with E-state index < -0.39 is 0 Å². The molecule has 18 heavy (non-hydrogen) atoms. The molecule has 0 saturated carbocycles. The Morgan fingerprint density at radius 3 is 2.44 bits per heavy atom. The highest BCUT2D eigenvalue weighted by molar-refractivity contribution is 5.46. The van der Waals surface area contributed by atoms with Crippen molar-refractivity contribution < 1.29 is 0 Å². The molecule has 0 amide bonds. The summed E-state index contributed by atoms with van der Waals surface area (Å²) < 4.78 is 0. The Kier molecular flexibility index (Phi) is 4.53. The third-order valence-electron chi connectivity index (χ3n) is 2.59. The van der Waals surface area contributed by atoms with Gasteiger partial charge in [-0.15, -0.1) is 0 Å². The summed E-state index contributed by atoms with van der Waals surface area (Å²) in [4.78, 5) is 8.32. The van der Waals surface area contributed by atoms with Crippen molar-refractivity contribution in [1.29, 1.82) is 0 Å². The van der Waals surface area contributed by atoms with Crippen LogP contribution in [0.2, 0.25) is 0 Å². The van der Waals surface area contributed by atoms with Crippen molar-refractivity contribution in [3.05, 3.63) is 48.3 Å². The fourth-order valence-corrected chi connectivity index (χ4v) is 1.71. The van der Waals surface area contributed by atoms with E-state index in [1.165, 1.54) is 5.56 Å². The van der Waals surface area contributed by atoms with E-state index in [4.69, 9.17) is 0 Å². The molecule has 1 aromatic carbocycles. The normalized spacial score (nSPS) is 10.1. The Morgan fingerprint density at radius 1 is 1.00 bits per heavy atom. The van der Waals surface area contributed by atoms with Crippen LogP contribution in [0.1, 0.15) is 12.5 Å². The standard InChI is InChI=1S/C14H18N4/c1-2-15-13-10-14(18-11-17-13)16-9-8-12-6-4-3-5-7-12/h3-7,10-11H,2,8-9H2,1H3,(H2,15,16,17,18). The molecule has 1 heterocycles. The first-order valence-corrected chi connectivity index (χ1v) is 6.22. The molecular weight excluding hydrogens is 224 g/mol. The number of nitrogens with one attached hydrogen (secondary N) is 2. The van der Waals surface area contributed by atoms with Gasteiger partial charge in [0.05, 0.1) is 0 Å². The van der Waals surface area contributed by atoms with Gasteiger partial charge in [0, 0.05) is 19.2 Å². The number of aromatic nitrogens is 2. The summed E-state index contributed by atoms with van der Waals surface area (Å²) in [6.45, 7) is 3.78. The summed E-state index contributed by atoms with van der Waals surface area (Å²) in [6, 6.07) is 12.3. The summed E-state index contributed by atoms with van der Waals surface area (Å²) in [5.74, 6) is 1.71. The fraction of sp³-hybridized carbons (Fsp3) is 0.286.